The summed E-state index contributed by atoms with van der Waals surface area (Å²) in [6, 6.07) is 0. The number of ether oxygens (including phenoxy) is 1. The van der Waals surface area contributed by atoms with Crippen LogP contribution in [0.15, 0.2) is 0 Å². The molecule has 1 unspecified atom stereocenters. The molecule has 0 amide bonds. The molecule has 2 fully saturated rings. The second-order valence-corrected chi connectivity index (χ2v) is 5.42. The zero-order valence-corrected chi connectivity index (χ0v) is 10.5. The Morgan fingerprint density at radius 3 is 2.12 bits per heavy atom. The smallest absolute Gasteiger partial charge is 0.0823 e. The molecule has 1 atom stereocenters. The van der Waals surface area contributed by atoms with Crippen molar-refractivity contribution in [1.82, 2.24) is 4.90 Å². The lowest BCUT2D eigenvalue weighted by Crippen LogP contribution is -2.40. The van der Waals surface area contributed by atoms with Gasteiger partial charge in [0.2, 0.25) is 0 Å². The molecule has 0 radical (unpaired) electrons. The van der Waals surface area contributed by atoms with Crippen molar-refractivity contribution < 1.29 is 4.74 Å². The van der Waals surface area contributed by atoms with E-state index in [9.17, 15) is 0 Å². The quantitative estimate of drug-likeness (QED) is 0.647. The summed E-state index contributed by atoms with van der Waals surface area (Å²) in [7, 11) is 0. The largest absolute Gasteiger partial charge is 0.376 e. The Morgan fingerprint density at radius 1 is 1.19 bits per heavy atom. The Balaban J connectivity index is 1.73. The zero-order chi connectivity index (χ0) is 11.4. The minimum Gasteiger partial charge on any atom is -0.376 e. The van der Waals surface area contributed by atoms with Crippen LogP contribution in [0.2, 0.25) is 0 Å². The van der Waals surface area contributed by atoms with Crippen molar-refractivity contribution in [2.45, 2.75) is 38.7 Å². The standard InChI is InChI=1S/C13H26N2O/c1-2-16-13(7-14)10-15(8-11-3-4-11)9-12-5-6-12/h11-13H,2-10,14H2,1H3. The molecule has 3 nitrogen and oxygen atoms in total. The summed E-state index contributed by atoms with van der Waals surface area (Å²) in [5.41, 5.74) is 5.75. The third-order valence-corrected chi connectivity index (χ3v) is 3.55. The molecule has 0 saturated heterocycles. The van der Waals surface area contributed by atoms with Crippen molar-refractivity contribution in [1.29, 1.82) is 0 Å². The van der Waals surface area contributed by atoms with E-state index in [0.717, 1.165) is 25.0 Å². The van der Waals surface area contributed by atoms with Gasteiger partial charge in [-0.25, -0.2) is 0 Å². The Hall–Kier alpha value is -0.120. The minimum atomic E-state index is 0.238. The van der Waals surface area contributed by atoms with Gasteiger partial charge in [-0.15, -0.1) is 0 Å². The highest BCUT2D eigenvalue weighted by Gasteiger charge is 2.30. The van der Waals surface area contributed by atoms with E-state index in [4.69, 9.17) is 10.5 Å². The molecule has 2 aliphatic carbocycles. The van der Waals surface area contributed by atoms with Gasteiger partial charge < -0.3 is 15.4 Å². The van der Waals surface area contributed by atoms with Gasteiger partial charge in [0.1, 0.15) is 0 Å². The molecule has 16 heavy (non-hydrogen) atoms. The molecular weight excluding hydrogens is 200 g/mol. The highest BCUT2D eigenvalue weighted by atomic mass is 16.5. The van der Waals surface area contributed by atoms with Crippen LogP contribution in [0.5, 0.6) is 0 Å². The second kappa shape index (κ2) is 5.99. The second-order valence-electron chi connectivity index (χ2n) is 5.42. The number of nitrogens with zero attached hydrogens (tertiary/aromatic N) is 1. The molecule has 0 bridgehead atoms. The van der Waals surface area contributed by atoms with E-state index in [0.29, 0.717) is 6.54 Å². The Kier molecular flexibility index (Phi) is 4.62. The number of hydrogen-bond acceptors (Lipinski definition) is 3. The lowest BCUT2D eigenvalue weighted by Gasteiger charge is -2.26. The van der Waals surface area contributed by atoms with Crippen molar-refractivity contribution in [3.8, 4) is 0 Å². The van der Waals surface area contributed by atoms with E-state index in [1.165, 1.54) is 38.8 Å². The molecule has 0 heterocycles. The van der Waals surface area contributed by atoms with Crippen LogP contribution in [0.25, 0.3) is 0 Å². The topological polar surface area (TPSA) is 38.5 Å². The molecule has 0 aromatic heterocycles. The van der Waals surface area contributed by atoms with Gasteiger partial charge in [0.15, 0.2) is 0 Å². The fourth-order valence-electron chi connectivity index (χ4n) is 2.27. The normalized spacial score (nSPS) is 22.7. The van der Waals surface area contributed by atoms with Crippen molar-refractivity contribution in [2.75, 3.05) is 32.8 Å². The highest BCUT2D eigenvalue weighted by molar-refractivity contribution is 4.83. The van der Waals surface area contributed by atoms with Crippen molar-refractivity contribution >= 4 is 0 Å². The highest BCUT2D eigenvalue weighted by Crippen LogP contribution is 2.33. The molecule has 0 aromatic rings. The first-order chi connectivity index (χ1) is 7.81. The number of hydrogen-bond donors (Lipinski definition) is 1. The first-order valence-corrected chi connectivity index (χ1v) is 6.85. The summed E-state index contributed by atoms with van der Waals surface area (Å²) in [5, 5.41) is 0. The van der Waals surface area contributed by atoms with Gasteiger partial charge in [0, 0.05) is 32.8 Å². The molecule has 2 saturated carbocycles. The fourth-order valence-corrected chi connectivity index (χ4v) is 2.27. The monoisotopic (exact) mass is 226 g/mol. The van der Waals surface area contributed by atoms with Crippen LogP contribution in [0.4, 0.5) is 0 Å². The third-order valence-electron chi connectivity index (χ3n) is 3.55. The third kappa shape index (κ3) is 4.40. The van der Waals surface area contributed by atoms with E-state index in [1.54, 1.807) is 0 Å². The lowest BCUT2D eigenvalue weighted by molar-refractivity contribution is 0.0368. The molecule has 2 rings (SSSR count). The maximum atomic E-state index is 5.75. The maximum Gasteiger partial charge on any atom is 0.0823 e. The fraction of sp³-hybridized carbons (Fsp3) is 1.00. The van der Waals surface area contributed by atoms with Crippen molar-refractivity contribution in [3.63, 3.8) is 0 Å². The van der Waals surface area contributed by atoms with E-state index in [-0.39, 0.29) is 6.10 Å². The van der Waals surface area contributed by atoms with E-state index in [2.05, 4.69) is 11.8 Å². The molecule has 2 aliphatic rings. The summed E-state index contributed by atoms with van der Waals surface area (Å²) >= 11 is 0. The van der Waals surface area contributed by atoms with Crippen molar-refractivity contribution in [2.24, 2.45) is 17.6 Å². The van der Waals surface area contributed by atoms with Crippen LogP contribution < -0.4 is 5.73 Å². The summed E-state index contributed by atoms with van der Waals surface area (Å²) in [5.74, 6) is 1.94. The first kappa shape index (κ1) is 12.3. The van der Waals surface area contributed by atoms with Crippen LogP contribution in [0.1, 0.15) is 32.6 Å². The van der Waals surface area contributed by atoms with Gasteiger partial charge in [0.25, 0.3) is 0 Å². The first-order valence-electron chi connectivity index (χ1n) is 6.85. The number of nitrogens with two attached hydrogens (primary N) is 1. The zero-order valence-electron chi connectivity index (χ0n) is 10.5. The molecule has 0 aromatic carbocycles. The van der Waals surface area contributed by atoms with E-state index < -0.39 is 0 Å². The summed E-state index contributed by atoms with van der Waals surface area (Å²) in [6.45, 7) is 7.08. The van der Waals surface area contributed by atoms with Gasteiger partial charge in [-0.3, -0.25) is 0 Å². The van der Waals surface area contributed by atoms with Gasteiger partial charge in [-0.1, -0.05) is 0 Å². The van der Waals surface area contributed by atoms with Crippen LogP contribution in [0.3, 0.4) is 0 Å². The van der Waals surface area contributed by atoms with E-state index >= 15 is 0 Å². The van der Waals surface area contributed by atoms with Gasteiger partial charge in [0.05, 0.1) is 6.10 Å². The Labute approximate surface area is 99.3 Å². The summed E-state index contributed by atoms with van der Waals surface area (Å²) < 4.78 is 5.66. The predicted molar refractivity (Wildman–Crippen MR) is 66.4 cm³/mol. The molecule has 2 N–H and O–H groups in total. The van der Waals surface area contributed by atoms with Crippen molar-refractivity contribution in [3.05, 3.63) is 0 Å². The van der Waals surface area contributed by atoms with Crippen LogP contribution in [-0.2, 0) is 4.74 Å². The Morgan fingerprint density at radius 2 is 1.75 bits per heavy atom. The van der Waals surface area contributed by atoms with Gasteiger partial charge >= 0.3 is 0 Å². The molecule has 94 valence electrons. The minimum absolute atomic E-state index is 0.238. The SMILES string of the molecule is CCOC(CN)CN(CC1CC1)CC1CC1. The number of rotatable bonds is 9. The molecule has 3 heteroatoms. The van der Waals surface area contributed by atoms with Gasteiger partial charge in [-0.05, 0) is 44.4 Å². The van der Waals surface area contributed by atoms with Gasteiger partial charge in [-0.2, -0.15) is 0 Å². The van der Waals surface area contributed by atoms with Crippen LogP contribution in [-0.4, -0.2) is 43.8 Å². The predicted octanol–water partition coefficient (Wildman–Crippen LogP) is 1.47. The average Bonchev–Trinajstić information content (AvgIpc) is 3.12. The molecular formula is C13H26N2O. The maximum absolute atomic E-state index is 5.75. The summed E-state index contributed by atoms with van der Waals surface area (Å²) in [6.07, 6.45) is 5.97. The molecule has 0 spiro atoms. The average molecular weight is 226 g/mol. The van der Waals surface area contributed by atoms with Crippen LogP contribution in [0, 0.1) is 11.8 Å². The summed E-state index contributed by atoms with van der Waals surface area (Å²) in [4.78, 5) is 2.60. The lowest BCUT2D eigenvalue weighted by atomic mass is 10.2. The Bertz CT molecular complexity index is 188. The van der Waals surface area contributed by atoms with Crippen LogP contribution >= 0.6 is 0 Å². The van der Waals surface area contributed by atoms with E-state index in [1.807, 2.05) is 0 Å². The molecule has 0 aliphatic heterocycles.